The molecule has 1 heterocycles. The van der Waals surface area contributed by atoms with Crippen LogP contribution in [0.25, 0.3) is 0 Å². The Morgan fingerprint density at radius 3 is 2.71 bits per heavy atom. The highest BCUT2D eigenvalue weighted by Gasteiger charge is 2.06. The van der Waals surface area contributed by atoms with Gasteiger partial charge in [0.2, 0.25) is 0 Å². The number of benzene rings is 1. The van der Waals surface area contributed by atoms with Crippen LogP contribution in [-0.2, 0) is 6.54 Å². The molecule has 1 aromatic heterocycles. The molecule has 1 aromatic carbocycles. The van der Waals surface area contributed by atoms with Crippen molar-refractivity contribution in [2.24, 2.45) is 5.73 Å². The summed E-state index contributed by atoms with van der Waals surface area (Å²) in [6.45, 7) is 3.38. The minimum atomic E-state index is -0.0279. The molecule has 0 saturated carbocycles. The molecule has 0 fully saturated rings. The topological polar surface area (TPSA) is 53.1 Å². The maximum absolute atomic E-state index is 6.12. The van der Waals surface area contributed by atoms with Crippen molar-refractivity contribution < 1.29 is 4.74 Å². The van der Waals surface area contributed by atoms with Crippen molar-refractivity contribution in [1.29, 1.82) is 0 Å². The van der Waals surface area contributed by atoms with Crippen LogP contribution in [0.2, 0.25) is 0 Å². The summed E-state index contributed by atoms with van der Waals surface area (Å²) in [6.07, 6.45) is 5.44. The molecule has 17 heavy (non-hydrogen) atoms. The Labute approximate surface area is 101 Å². The molecule has 4 heteroatoms. The maximum Gasteiger partial charge on any atom is 0.119 e. The second kappa shape index (κ2) is 5.50. The van der Waals surface area contributed by atoms with Gasteiger partial charge in [0.05, 0.1) is 12.9 Å². The lowest BCUT2D eigenvalue weighted by atomic mass is 10.1. The van der Waals surface area contributed by atoms with Crippen molar-refractivity contribution in [3.8, 4) is 5.75 Å². The van der Waals surface area contributed by atoms with Crippen LogP contribution in [0, 0.1) is 0 Å². The molecule has 2 aromatic rings. The highest BCUT2D eigenvalue weighted by atomic mass is 16.5. The monoisotopic (exact) mass is 231 g/mol. The second-order valence-electron chi connectivity index (χ2n) is 3.87. The van der Waals surface area contributed by atoms with Crippen LogP contribution < -0.4 is 10.5 Å². The van der Waals surface area contributed by atoms with E-state index in [-0.39, 0.29) is 6.04 Å². The van der Waals surface area contributed by atoms with Crippen LogP contribution in [0.3, 0.4) is 0 Å². The van der Waals surface area contributed by atoms with Crippen molar-refractivity contribution in [2.45, 2.75) is 19.5 Å². The van der Waals surface area contributed by atoms with E-state index in [0.29, 0.717) is 6.61 Å². The van der Waals surface area contributed by atoms with Crippen LogP contribution in [0.1, 0.15) is 18.5 Å². The van der Waals surface area contributed by atoms with Gasteiger partial charge in [0.25, 0.3) is 0 Å². The van der Waals surface area contributed by atoms with Crippen molar-refractivity contribution in [3.05, 3.63) is 48.5 Å². The number of rotatable bonds is 5. The Morgan fingerprint density at radius 1 is 1.35 bits per heavy atom. The van der Waals surface area contributed by atoms with Crippen LogP contribution in [-0.4, -0.2) is 16.2 Å². The number of aromatic nitrogens is 2. The van der Waals surface area contributed by atoms with Crippen LogP contribution in [0.4, 0.5) is 0 Å². The van der Waals surface area contributed by atoms with Crippen molar-refractivity contribution >= 4 is 0 Å². The lowest BCUT2D eigenvalue weighted by molar-refractivity contribution is 0.340. The van der Waals surface area contributed by atoms with E-state index in [0.717, 1.165) is 17.9 Å². The minimum Gasteiger partial charge on any atom is -0.494 e. The molecule has 0 aliphatic carbocycles. The van der Waals surface area contributed by atoms with E-state index < -0.39 is 0 Å². The fourth-order valence-electron chi connectivity index (χ4n) is 1.71. The molecule has 1 unspecified atom stereocenters. The maximum atomic E-state index is 6.12. The van der Waals surface area contributed by atoms with E-state index in [2.05, 4.69) is 4.98 Å². The molecule has 0 spiro atoms. The highest BCUT2D eigenvalue weighted by Crippen LogP contribution is 2.17. The summed E-state index contributed by atoms with van der Waals surface area (Å²) >= 11 is 0. The summed E-state index contributed by atoms with van der Waals surface area (Å²) in [7, 11) is 0. The first-order valence-corrected chi connectivity index (χ1v) is 5.73. The van der Waals surface area contributed by atoms with Gasteiger partial charge >= 0.3 is 0 Å². The van der Waals surface area contributed by atoms with Gasteiger partial charge < -0.3 is 15.0 Å². The third kappa shape index (κ3) is 3.07. The molecular formula is C13H17N3O. The van der Waals surface area contributed by atoms with E-state index >= 15 is 0 Å². The van der Waals surface area contributed by atoms with E-state index in [9.17, 15) is 0 Å². The fraction of sp³-hybridized carbons (Fsp3) is 0.308. The lowest BCUT2D eigenvalue weighted by Crippen LogP contribution is -2.16. The first kappa shape index (κ1) is 11.7. The first-order valence-electron chi connectivity index (χ1n) is 5.73. The number of imidazole rings is 1. The molecule has 2 rings (SSSR count). The molecule has 0 saturated heterocycles. The van der Waals surface area contributed by atoms with Crippen molar-refractivity contribution in [1.82, 2.24) is 9.55 Å². The van der Waals surface area contributed by atoms with Crippen LogP contribution in [0.15, 0.2) is 43.0 Å². The van der Waals surface area contributed by atoms with E-state index in [1.165, 1.54) is 0 Å². The van der Waals surface area contributed by atoms with Gasteiger partial charge in [-0.05, 0) is 24.6 Å². The van der Waals surface area contributed by atoms with E-state index in [4.69, 9.17) is 10.5 Å². The summed E-state index contributed by atoms with van der Waals surface area (Å²) < 4.78 is 7.36. The Bertz CT molecular complexity index is 436. The summed E-state index contributed by atoms with van der Waals surface area (Å²) in [5.74, 6) is 0.881. The predicted octanol–water partition coefficient (Wildman–Crippen LogP) is 1.98. The molecule has 1 atom stereocenters. The zero-order valence-electron chi connectivity index (χ0n) is 9.91. The zero-order chi connectivity index (χ0) is 12.1. The second-order valence-corrected chi connectivity index (χ2v) is 3.87. The standard InChI is InChI=1S/C13H17N3O/c1-2-17-12-5-3-11(4-6-12)13(14)9-16-8-7-15-10-16/h3-8,10,13H,2,9,14H2,1H3. The smallest absolute Gasteiger partial charge is 0.119 e. The van der Waals surface area contributed by atoms with Gasteiger partial charge in [-0.1, -0.05) is 12.1 Å². The fourth-order valence-corrected chi connectivity index (χ4v) is 1.71. The molecule has 0 aliphatic rings. The molecule has 0 radical (unpaired) electrons. The Balaban J connectivity index is 2.01. The first-order chi connectivity index (χ1) is 8.29. The molecule has 2 N–H and O–H groups in total. The van der Waals surface area contributed by atoms with Gasteiger partial charge in [-0.3, -0.25) is 0 Å². The van der Waals surface area contributed by atoms with Crippen molar-refractivity contribution in [3.63, 3.8) is 0 Å². The molecule has 4 nitrogen and oxygen atoms in total. The average Bonchev–Trinajstić information content (AvgIpc) is 2.83. The average molecular weight is 231 g/mol. The molecule has 0 aliphatic heterocycles. The van der Waals surface area contributed by atoms with Crippen molar-refractivity contribution in [2.75, 3.05) is 6.61 Å². The number of hydrogen-bond donors (Lipinski definition) is 1. The largest absolute Gasteiger partial charge is 0.494 e. The third-order valence-electron chi connectivity index (χ3n) is 2.59. The summed E-state index contributed by atoms with van der Waals surface area (Å²) in [6, 6.07) is 7.89. The number of nitrogens with two attached hydrogens (primary N) is 1. The van der Waals surface area contributed by atoms with Crippen LogP contribution >= 0.6 is 0 Å². The number of nitrogens with zero attached hydrogens (tertiary/aromatic N) is 2. The normalized spacial score (nSPS) is 12.4. The van der Waals surface area contributed by atoms with Gasteiger partial charge in [-0.25, -0.2) is 4.98 Å². The molecule has 90 valence electrons. The quantitative estimate of drug-likeness (QED) is 0.856. The Hall–Kier alpha value is -1.81. The van der Waals surface area contributed by atoms with Gasteiger partial charge in [0, 0.05) is 25.0 Å². The minimum absolute atomic E-state index is 0.0279. The number of ether oxygens (including phenoxy) is 1. The SMILES string of the molecule is CCOc1ccc(C(N)Cn2ccnc2)cc1. The van der Waals surface area contributed by atoms with E-state index in [1.807, 2.05) is 42.0 Å². The van der Waals surface area contributed by atoms with E-state index in [1.54, 1.807) is 12.5 Å². The highest BCUT2D eigenvalue weighted by molar-refractivity contribution is 5.29. The summed E-state index contributed by atoms with van der Waals surface area (Å²) in [4.78, 5) is 3.99. The summed E-state index contributed by atoms with van der Waals surface area (Å²) in [5.41, 5.74) is 7.22. The van der Waals surface area contributed by atoms with Gasteiger partial charge in [0.1, 0.15) is 5.75 Å². The molecule has 0 amide bonds. The Morgan fingerprint density at radius 2 is 2.12 bits per heavy atom. The van der Waals surface area contributed by atoms with Gasteiger partial charge in [0.15, 0.2) is 0 Å². The molecule has 0 bridgehead atoms. The number of hydrogen-bond acceptors (Lipinski definition) is 3. The summed E-state index contributed by atoms with van der Waals surface area (Å²) in [5, 5.41) is 0. The van der Waals surface area contributed by atoms with Gasteiger partial charge in [-0.15, -0.1) is 0 Å². The Kier molecular flexibility index (Phi) is 3.77. The third-order valence-corrected chi connectivity index (χ3v) is 2.59. The molecular weight excluding hydrogens is 214 g/mol. The zero-order valence-corrected chi connectivity index (χ0v) is 9.91. The van der Waals surface area contributed by atoms with Crippen LogP contribution in [0.5, 0.6) is 5.75 Å². The lowest BCUT2D eigenvalue weighted by Gasteiger charge is -2.13. The predicted molar refractivity (Wildman–Crippen MR) is 66.8 cm³/mol. The van der Waals surface area contributed by atoms with Gasteiger partial charge in [-0.2, -0.15) is 0 Å².